The van der Waals surface area contributed by atoms with E-state index in [-0.39, 0.29) is 24.1 Å². The second-order valence-corrected chi connectivity index (χ2v) is 9.11. The topological polar surface area (TPSA) is 99.2 Å². The number of ether oxygens (including phenoxy) is 1. The molecule has 9 heteroatoms. The Hall–Kier alpha value is -2.39. The zero-order valence-corrected chi connectivity index (χ0v) is 18.2. The van der Waals surface area contributed by atoms with Crippen molar-refractivity contribution in [2.75, 3.05) is 19.7 Å². The molecule has 1 aromatic heterocycles. The van der Waals surface area contributed by atoms with Crippen LogP contribution in [0.5, 0.6) is 5.75 Å². The molecule has 1 heterocycles. The van der Waals surface area contributed by atoms with Crippen LogP contribution in [0.25, 0.3) is 0 Å². The number of benzene rings is 2. The summed E-state index contributed by atoms with van der Waals surface area (Å²) in [5, 5.41) is 0.687. The van der Waals surface area contributed by atoms with Gasteiger partial charge in [0.1, 0.15) is 12.4 Å². The van der Waals surface area contributed by atoms with E-state index in [9.17, 15) is 8.42 Å². The normalized spacial score (nSPS) is 12.6. The summed E-state index contributed by atoms with van der Waals surface area (Å²) in [6.45, 7) is 0.808. The second-order valence-electron chi connectivity index (χ2n) is 6.96. The van der Waals surface area contributed by atoms with E-state index in [0.29, 0.717) is 17.3 Å². The Morgan fingerprint density at radius 1 is 1.23 bits per heavy atom. The lowest BCUT2D eigenvalue weighted by Gasteiger charge is -2.17. The van der Waals surface area contributed by atoms with Gasteiger partial charge in [-0.05, 0) is 48.4 Å². The minimum absolute atomic E-state index is 0.0150. The molecule has 3 rings (SSSR count). The number of nitrogens with one attached hydrogen (secondary N) is 1. The van der Waals surface area contributed by atoms with Gasteiger partial charge in [0.05, 0.1) is 6.33 Å². The van der Waals surface area contributed by atoms with Crippen LogP contribution in [0.2, 0.25) is 5.02 Å². The number of hydrogen-bond donors (Lipinski definition) is 2. The highest BCUT2D eigenvalue weighted by molar-refractivity contribution is 7.89. The van der Waals surface area contributed by atoms with E-state index in [1.807, 2.05) is 48.5 Å². The largest absolute Gasteiger partial charge is 0.492 e. The van der Waals surface area contributed by atoms with Crippen molar-refractivity contribution in [1.82, 2.24) is 14.3 Å². The first kappa shape index (κ1) is 22.3. The SMILES string of the molecule is Cn1cnc(S(=O)(=O)NCCOc2cccc(C(CN)Cc3cccc(Cl)c3)c2)c1. The second kappa shape index (κ2) is 10.1. The standard InChI is InChI=1S/C21H25ClN4O3S/c1-26-14-21(24-15-26)30(27,28)25-8-9-29-20-7-3-5-17(12-20)18(13-23)10-16-4-2-6-19(22)11-16/h2-7,11-12,14-15,18,25H,8-10,13,23H2,1H3. The number of sulfonamides is 1. The van der Waals surface area contributed by atoms with E-state index >= 15 is 0 Å². The number of rotatable bonds is 10. The highest BCUT2D eigenvalue weighted by atomic mass is 35.5. The summed E-state index contributed by atoms with van der Waals surface area (Å²) in [4.78, 5) is 3.86. The Balaban J connectivity index is 1.57. The van der Waals surface area contributed by atoms with E-state index in [0.717, 1.165) is 17.5 Å². The molecule has 3 N–H and O–H groups in total. The minimum atomic E-state index is -3.65. The summed E-state index contributed by atoms with van der Waals surface area (Å²) >= 11 is 6.08. The Bertz CT molecular complexity index is 1090. The summed E-state index contributed by atoms with van der Waals surface area (Å²) in [6.07, 6.45) is 3.65. The van der Waals surface area contributed by atoms with E-state index in [1.54, 1.807) is 11.6 Å². The van der Waals surface area contributed by atoms with Crippen LogP contribution < -0.4 is 15.2 Å². The van der Waals surface area contributed by atoms with Gasteiger partial charge in [0.2, 0.25) is 0 Å². The van der Waals surface area contributed by atoms with Crippen molar-refractivity contribution in [3.8, 4) is 5.75 Å². The van der Waals surface area contributed by atoms with Crippen molar-refractivity contribution in [2.45, 2.75) is 17.4 Å². The number of nitrogens with two attached hydrogens (primary N) is 1. The zero-order chi connectivity index (χ0) is 21.6. The maximum Gasteiger partial charge on any atom is 0.259 e. The van der Waals surface area contributed by atoms with Gasteiger partial charge in [0.25, 0.3) is 10.0 Å². The van der Waals surface area contributed by atoms with Crippen molar-refractivity contribution in [3.63, 3.8) is 0 Å². The summed E-state index contributed by atoms with van der Waals surface area (Å²) in [5.74, 6) is 0.781. The molecule has 0 saturated heterocycles. The molecule has 160 valence electrons. The van der Waals surface area contributed by atoms with Crippen LogP contribution in [0.1, 0.15) is 17.0 Å². The highest BCUT2D eigenvalue weighted by Gasteiger charge is 2.16. The molecule has 0 saturated carbocycles. The average molecular weight is 449 g/mol. The Kier molecular flexibility index (Phi) is 7.49. The first-order valence-corrected chi connectivity index (χ1v) is 11.4. The predicted molar refractivity (Wildman–Crippen MR) is 117 cm³/mol. The van der Waals surface area contributed by atoms with Crippen molar-refractivity contribution in [2.24, 2.45) is 12.8 Å². The van der Waals surface area contributed by atoms with E-state index in [4.69, 9.17) is 22.1 Å². The molecule has 0 amide bonds. The van der Waals surface area contributed by atoms with Gasteiger partial charge in [-0.15, -0.1) is 0 Å². The monoisotopic (exact) mass is 448 g/mol. The molecule has 3 aromatic rings. The molecule has 1 atom stereocenters. The number of imidazole rings is 1. The molecule has 0 radical (unpaired) electrons. The number of aryl methyl sites for hydroxylation is 1. The van der Waals surface area contributed by atoms with Gasteiger partial charge in [-0.3, -0.25) is 0 Å². The maximum atomic E-state index is 12.2. The van der Waals surface area contributed by atoms with Crippen molar-refractivity contribution >= 4 is 21.6 Å². The molecule has 7 nitrogen and oxygen atoms in total. The summed E-state index contributed by atoms with van der Waals surface area (Å²) < 4.78 is 34.1. The van der Waals surface area contributed by atoms with Gasteiger partial charge in [-0.25, -0.2) is 18.1 Å². The average Bonchev–Trinajstić information content (AvgIpc) is 3.17. The van der Waals surface area contributed by atoms with Crippen LogP contribution in [0.15, 0.2) is 66.1 Å². The van der Waals surface area contributed by atoms with E-state index in [1.165, 1.54) is 12.5 Å². The Morgan fingerprint density at radius 3 is 2.73 bits per heavy atom. The fourth-order valence-electron chi connectivity index (χ4n) is 3.09. The molecule has 0 spiro atoms. The lowest BCUT2D eigenvalue weighted by Crippen LogP contribution is -2.28. The van der Waals surface area contributed by atoms with Gasteiger partial charge < -0.3 is 15.0 Å². The first-order chi connectivity index (χ1) is 14.4. The van der Waals surface area contributed by atoms with Gasteiger partial charge in [0, 0.05) is 30.7 Å². The van der Waals surface area contributed by atoms with Crippen LogP contribution >= 0.6 is 11.6 Å². The third-order valence-corrected chi connectivity index (χ3v) is 6.19. The zero-order valence-electron chi connectivity index (χ0n) is 16.7. The van der Waals surface area contributed by atoms with Crippen LogP contribution in [-0.2, 0) is 23.5 Å². The molecular weight excluding hydrogens is 424 g/mol. The van der Waals surface area contributed by atoms with Gasteiger partial charge >= 0.3 is 0 Å². The lowest BCUT2D eigenvalue weighted by molar-refractivity contribution is 0.322. The molecule has 2 aromatic carbocycles. The highest BCUT2D eigenvalue weighted by Crippen LogP contribution is 2.25. The predicted octanol–water partition coefficient (Wildman–Crippen LogP) is 2.72. The summed E-state index contributed by atoms with van der Waals surface area (Å²) in [6, 6.07) is 15.4. The molecule has 0 aliphatic heterocycles. The molecule has 1 unspecified atom stereocenters. The van der Waals surface area contributed by atoms with Crippen LogP contribution in [0, 0.1) is 0 Å². The van der Waals surface area contributed by atoms with Crippen molar-refractivity contribution in [3.05, 3.63) is 77.2 Å². The maximum absolute atomic E-state index is 12.2. The van der Waals surface area contributed by atoms with Crippen LogP contribution in [0.3, 0.4) is 0 Å². The first-order valence-electron chi connectivity index (χ1n) is 9.52. The Labute approximate surface area is 181 Å². The van der Waals surface area contributed by atoms with Gasteiger partial charge in [-0.2, -0.15) is 0 Å². The molecule has 0 aliphatic carbocycles. The molecule has 30 heavy (non-hydrogen) atoms. The fourth-order valence-corrected chi connectivity index (χ4v) is 4.29. The van der Waals surface area contributed by atoms with E-state index < -0.39 is 10.0 Å². The van der Waals surface area contributed by atoms with E-state index in [2.05, 4.69) is 9.71 Å². The summed E-state index contributed by atoms with van der Waals surface area (Å²) in [5.41, 5.74) is 8.19. The lowest BCUT2D eigenvalue weighted by atomic mass is 9.92. The quantitative estimate of drug-likeness (QED) is 0.464. The number of hydrogen-bond acceptors (Lipinski definition) is 5. The van der Waals surface area contributed by atoms with Crippen molar-refractivity contribution in [1.29, 1.82) is 0 Å². The fraction of sp³-hybridized carbons (Fsp3) is 0.286. The number of halogens is 1. The smallest absolute Gasteiger partial charge is 0.259 e. The van der Waals surface area contributed by atoms with Crippen molar-refractivity contribution < 1.29 is 13.2 Å². The van der Waals surface area contributed by atoms with Gasteiger partial charge in [-0.1, -0.05) is 35.9 Å². The molecule has 0 fully saturated rings. The minimum Gasteiger partial charge on any atom is -0.492 e. The van der Waals surface area contributed by atoms with Crippen LogP contribution in [0.4, 0.5) is 0 Å². The summed E-state index contributed by atoms with van der Waals surface area (Å²) in [7, 11) is -1.94. The third kappa shape index (κ3) is 6.06. The Morgan fingerprint density at radius 2 is 2.03 bits per heavy atom. The molecule has 0 bridgehead atoms. The molecule has 0 aliphatic rings. The number of nitrogens with zero attached hydrogens (tertiary/aromatic N) is 2. The van der Waals surface area contributed by atoms with Gasteiger partial charge in [0.15, 0.2) is 5.03 Å². The van der Waals surface area contributed by atoms with Crippen LogP contribution in [-0.4, -0.2) is 37.7 Å². The third-order valence-electron chi connectivity index (χ3n) is 4.60. The number of aromatic nitrogens is 2. The molecular formula is C21H25ClN4O3S.